The number of amides is 2. The van der Waals surface area contributed by atoms with E-state index in [4.69, 9.17) is 4.74 Å². The number of aliphatic carboxylic acids is 1. The molecule has 1 saturated heterocycles. The zero-order chi connectivity index (χ0) is 24.6. The Balaban J connectivity index is 1.24. The second-order valence-electron chi connectivity index (χ2n) is 9.82. The lowest BCUT2D eigenvalue weighted by atomic mass is 9.81. The number of carbonyl (C=O) groups is 3. The van der Waals surface area contributed by atoms with Gasteiger partial charge in [0.25, 0.3) is 0 Å². The highest BCUT2D eigenvalue weighted by molar-refractivity contribution is 5.88. The van der Waals surface area contributed by atoms with Gasteiger partial charge in [0, 0.05) is 19.0 Å². The molecule has 3 atom stereocenters. The molecule has 0 radical (unpaired) electrons. The summed E-state index contributed by atoms with van der Waals surface area (Å²) >= 11 is 0. The summed E-state index contributed by atoms with van der Waals surface area (Å²) in [4.78, 5) is 39.6. The van der Waals surface area contributed by atoms with Crippen LogP contribution in [0.15, 0.2) is 61.2 Å². The molecule has 7 heteroatoms. The van der Waals surface area contributed by atoms with Gasteiger partial charge >= 0.3 is 12.1 Å². The highest BCUT2D eigenvalue weighted by atomic mass is 16.5. The van der Waals surface area contributed by atoms with Crippen LogP contribution in [-0.4, -0.2) is 53.7 Å². The van der Waals surface area contributed by atoms with Crippen molar-refractivity contribution in [3.05, 3.63) is 72.3 Å². The molecule has 2 N–H and O–H groups in total. The van der Waals surface area contributed by atoms with Gasteiger partial charge in [0.05, 0.1) is 5.41 Å². The van der Waals surface area contributed by atoms with E-state index in [1.54, 1.807) is 11.0 Å². The van der Waals surface area contributed by atoms with E-state index in [1.807, 2.05) is 36.4 Å². The third-order valence-corrected chi connectivity index (χ3v) is 7.94. The molecule has 2 aromatic rings. The van der Waals surface area contributed by atoms with Crippen molar-refractivity contribution in [1.82, 2.24) is 10.2 Å². The van der Waals surface area contributed by atoms with Crippen LogP contribution in [0.1, 0.15) is 42.7 Å². The summed E-state index contributed by atoms with van der Waals surface area (Å²) in [5.41, 5.74) is 3.65. The number of carboxylic acids is 1. The van der Waals surface area contributed by atoms with Crippen LogP contribution in [0.2, 0.25) is 0 Å². The molecule has 1 aliphatic heterocycles. The molecule has 0 bridgehead atoms. The molecule has 3 aliphatic rings. The maximum Gasteiger partial charge on any atom is 0.407 e. The van der Waals surface area contributed by atoms with Crippen LogP contribution in [0.4, 0.5) is 4.79 Å². The number of carboxylic acid groups (broad SMARTS) is 1. The fraction of sp³-hybridized carbons (Fsp3) is 0.393. The van der Waals surface area contributed by atoms with Gasteiger partial charge in [-0.15, -0.1) is 6.58 Å². The standard InChI is InChI=1S/C28H30N2O5/c1-2-8-24(25(31)30-15-18-9-7-14-28(18,17-30)26(32)33)29-27(34)35-16-23-21-12-5-3-10-19(21)20-11-4-6-13-22(20)23/h2-6,10-13,18,23-24H,1,7-9,14-17H2,(H,29,34)(H,32,33). The number of hydrogen-bond donors (Lipinski definition) is 2. The van der Waals surface area contributed by atoms with Crippen LogP contribution < -0.4 is 5.32 Å². The first-order valence-electron chi connectivity index (χ1n) is 12.2. The molecule has 0 aromatic heterocycles. The Bertz CT molecular complexity index is 1130. The van der Waals surface area contributed by atoms with Gasteiger partial charge in [0.1, 0.15) is 12.6 Å². The number of ether oxygens (including phenoxy) is 1. The summed E-state index contributed by atoms with van der Waals surface area (Å²) in [6.07, 6.45) is 3.41. The van der Waals surface area contributed by atoms with Crippen LogP contribution in [0.5, 0.6) is 0 Å². The highest BCUT2D eigenvalue weighted by Gasteiger charge is 2.56. The number of nitrogens with one attached hydrogen (secondary N) is 1. The van der Waals surface area contributed by atoms with Crippen molar-refractivity contribution < 1.29 is 24.2 Å². The molecular formula is C28H30N2O5. The van der Waals surface area contributed by atoms with Gasteiger partial charge in [0.15, 0.2) is 0 Å². The fourth-order valence-corrected chi connectivity index (χ4v) is 6.20. The van der Waals surface area contributed by atoms with Crippen LogP contribution >= 0.6 is 0 Å². The van der Waals surface area contributed by atoms with Crippen molar-refractivity contribution in [2.45, 2.75) is 37.6 Å². The van der Waals surface area contributed by atoms with Gasteiger partial charge < -0.3 is 20.1 Å². The van der Waals surface area contributed by atoms with E-state index in [-0.39, 0.29) is 37.3 Å². The SMILES string of the molecule is C=CCC(NC(=O)OCC1c2ccccc2-c2ccccc21)C(=O)N1CC2CCCC2(C(=O)O)C1. The third kappa shape index (κ3) is 3.99. The summed E-state index contributed by atoms with van der Waals surface area (Å²) in [6.45, 7) is 4.47. The Kier molecular flexibility index (Phi) is 6.09. The maximum atomic E-state index is 13.3. The molecule has 2 fully saturated rings. The van der Waals surface area contributed by atoms with E-state index < -0.39 is 23.5 Å². The predicted octanol–water partition coefficient (Wildman–Crippen LogP) is 4.18. The van der Waals surface area contributed by atoms with Crippen LogP contribution in [-0.2, 0) is 14.3 Å². The lowest BCUT2D eigenvalue weighted by molar-refractivity contribution is -0.149. The number of benzene rings is 2. The minimum absolute atomic E-state index is 0.0391. The molecule has 1 saturated carbocycles. The van der Waals surface area contributed by atoms with Crippen molar-refractivity contribution >= 4 is 18.0 Å². The van der Waals surface area contributed by atoms with E-state index in [1.165, 1.54) is 0 Å². The highest BCUT2D eigenvalue weighted by Crippen LogP contribution is 2.49. The van der Waals surface area contributed by atoms with Crippen LogP contribution in [0.25, 0.3) is 11.1 Å². The Morgan fingerprint density at radius 3 is 2.40 bits per heavy atom. The Labute approximate surface area is 204 Å². The molecule has 3 unspecified atom stereocenters. The number of hydrogen-bond acceptors (Lipinski definition) is 4. The zero-order valence-electron chi connectivity index (χ0n) is 19.6. The second-order valence-corrected chi connectivity index (χ2v) is 9.82. The number of carbonyl (C=O) groups excluding carboxylic acids is 2. The minimum atomic E-state index is -0.863. The van der Waals surface area contributed by atoms with Gasteiger partial charge in [-0.05, 0) is 47.4 Å². The molecule has 35 heavy (non-hydrogen) atoms. The van der Waals surface area contributed by atoms with Gasteiger partial charge in [0.2, 0.25) is 5.91 Å². The first-order valence-corrected chi connectivity index (χ1v) is 12.2. The molecule has 2 amide bonds. The Morgan fingerprint density at radius 1 is 1.14 bits per heavy atom. The normalized spacial score (nSPS) is 23.2. The topological polar surface area (TPSA) is 95.9 Å². The quantitative estimate of drug-likeness (QED) is 0.587. The summed E-state index contributed by atoms with van der Waals surface area (Å²) in [5.74, 6) is -1.23. The molecule has 7 nitrogen and oxygen atoms in total. The Morgan fingerprint density at radius 2 is 1.80 bits per heavy atom. The van der Waals surface area contributed by atoms with Crippen molar-refractivity contribution in [2.75, 3.05) is 19.7 Å². The molecular weight excluding hydrogens is 444 g/mol. The number of fused-ring (bicyclic) bond motifs is 4. The number of alkyl carbamates (subject to hydrolysis) is 1. The zero-order valence-corrected chi connectivity index (χ0v) is 19.6. The van der Waals surface area contributed by atoms with Gasteiger partial charge in [-0.25, -0.2) is 4.79 Å². The summed E-state index contributed by atoms with van der Waals surface area (Å²) in [7, 11) is 0. The van der Waals surface area contributed by atoms with E-state index in [9.17, 15) is 19.5 Å². The van der Waals surface area contributed by atoms with Crippen molar-refractivity contribution in [1.29, 1.82) is 0 Å². The number of likely N-dealkylation sites (tertiary alicyclic amines) is 1. The molecule has 2 aromatic carbocycles. The van der Waals surface area contributed by atoms with Gasteiger partial charge in [-0.2, -0.15) is 0 Å². The second kappa shape index (κ2) is 9.21. The van der Waals surface area contributed by atoms with Crippen molar-refractivity contribution in [3.63, 3.8) is 0 Å². The largest absolute Gasteiger partial charge is 0.481 e. The van der Waals surface area contributed by atoms with E-state index in [0.29, 0.717) is 13.0 Å². The van der Waals surface area contributed by atoms with Crippen molar-refractivity contribution in [3.8, 4) is 11.1 Å². The van der Waals surface area contributed by atoms with Crippen LogP contribution in [0, 0.1) is 11.3 Å². The van der Waals surface area contributed by atoms with E-state index in [2.05, 4.69) is 24.0 Å². The lowest BCUT2D eigenvalue weighted by Gasteiger charge is -2.26. The maximum absolute atomic E-state index is 13.3. The smallest absolute Gasteiger partial charge is 0.407 e. The fourth-order valence-electron chi connectivity index (χ4n) is 6.20. The van der Waals surface area contributed by atoms with Gasteiger partial charge in [-0.1, -0.05) is 61.0 Å². The monoisotopic (exact) mass is 474 g/mol. The summed E-state index contributed by atoms with van der Waals surface area (Å²) in [6, 6.07) is 15.4. The minimum Gasteiger partial charge on any atom is -0.481 e. The molecule has 0 spiro atoms. The third-order valence-electron chi connectivity index (χ3n) is 7.94. The lowest BCUT2D eigenvalue weighted by Crippen LogP contribution is -2.49. The molecule has 5 rings (SSSR count). The van der Waals surface area contributed by atoms with Crippen molar-refractivity contribution in [2.24, 2.45) is 11.3 Å². The first-order chi connectivity index (χ1) is 16.9. The first kappa shape index (κ1) is 23.1. The predicted molar refractivity (Wildman–Crippen MR) is 131 cm³/mol. The van der Waals surface area contributed by atoms with Gasteiger partial charge in [-0.3, -0.25) is 9.59 Å². The van der Waals surface area contributed by atoms with E-state index in [0.717, 1.165) is 35.1 Å². The molecule has 2 aliphatic carbocycles. The number of rotatable bonds is 7. The summed E-state index contributed by atoms with van der Waals surface area (Å²) < 4.78 is 5.61. The summed E-state index contributed by atoms with van der Waals surface area (Å²) in [5, 5.41) is 12.5. The average molecular weight is 475 g/mol. The Hall–Kier alpha value is -3.61. The molecule has 1 heterocycles. The average Bonchev–Trinajstić information content (AvgIpc) is 3.52. The number of nitrogens with zero attached hydrogens (tertiary/aromatic N) is 1. The van der Waals surface area contributed by atoms with E-state index >= 15 is 0 Å². The van der Waals surface area contributed by atoms with Crippen LogP contribution in [0.3, 0.4) is 0 Å². The molecule has 182 valence electrons.